The number of carboxylic acids is 1. The largest absolute Gasteiger partial charge is 1.00 e. The lowest BCUT2D eigenvalue weighted by Gasteiger charge is -2.12. The number of carbonyl (C=O) groups is 2. The summed E-state index contributed by atoms with van der Waals surface area (Å²) in [5.74, 6) is -0.645. The highest BCUT2D eigenvalue weighted by Crippen LogP contribution is 2.01. The molecule has 0 heterocycles. The van der Waals surface area contributed by atoms with E-state index in [0.717, 1.165) is 5.56 Å². The Morgan fingerprint density at radius 1 is 1.30 bits per heavy atom. The number of aliphatic carboxylic acids is 1. The van der Waals surface area contributed by atoms with E-state index in [2.05, 4.69) is 5.32 Å². The zero-order valence-corrected chi connectivity index (χ0v) is 13.7. The number of nitrogens with one attached hydrogen (secondary N) is 1. The number of hydrogen-bond acceptors (Lipinski definition) is 3. The molecule has 1 aromatic rings. The molecule has 7 heteroatoms. The lowest BCUT2D eigenvalue weighted by molar-refractivity contribution is -0.138. The Labute approximate surface area is 131 Å². The predicted octanol–water partition coefficient (Wildman–Crippen LogP) is -1.75. The summed E-state index contributed by atoms with van der Waals surface area (Å²) in [5, 5.41) is 11.4. The number of halogens is 1. The Bertz CT molecular complexity index is 428. The third-order valence-corrected chi connectivity index (χ3v) is 3.30. The molecular formula is C13H18BrNO4S. The first-order valence-corrected chi connectivity index (χ1v) is 7.94. The molecule has 5 nitrogen and oxygen atoms in total. The fraction of sp³-hybridized carbons (Fsp3) is 0.385. The smallest absolute Gasteiger partial charge is 0.408 e. The number of amides is 1. The van der Waals surface area contributed by atoms with E-state index in [4.69, 9.17) is 9.84 Å². The molecular weight excluding hydrogens is 346 g/mol. The molecule has 0 aliphatic heterocycles. The van der Waals surface area contributed by atoms with Crippen LogP contribution in [0.25, 0.3) is 0 Å². The summed E-state index contributed by atoms with van der Waals surface area (Å²) in [7, 11) is -0.0737. The molecule has 2 N–H and O–H groups in total. The molecule has 112 valence electrons. The van der Waals surface area contributed by atoms with E-state index in [-0.39, 0.29) is 34.5 Å². The lowest BCUT2D eigenvalue weighted by Crippen LogP contribution is -3.00. The molecule has 1 aromatic carbocycles. The van der Waals surface area contributed by atoms with Crippen LogP contribution in [-0.4, -0.2) is 41.5 Å². The lowest BCUT2D eigenvalue weighted by atomic mass is 10.2. The number of benzene rings is 1. The van der Waals surface area contributed by atoms with Crippen molar-refractivity contribution in [1.29, 1.82) is 0 Å². The molecule has 1 atom stereocenters. The van der Waals surface area contributed by atoms with Crippen LogP contribution >= 0.6 is 0 Å². The third-order valence-electron chi connectivity index (χ3n) is 2.30. The Morgan fingerprint density at radius 2 is 1.90 bits per heavy atom. The SMILES string of the molecule is C[S+](C)CC(NC(=O)OCc1ccccc1)C(=O)O.[Br-]. The fourth-order valence-electron chi connectivity index (χ4n) is 1.42. The van der Waals surface area contributed by atoms with Crippen molar-refractivity contribution in [2.45, 2.75) is 12.6 Å². The van der Waals surface area contributed by atoms with E-state index in [9.17, 15) is 9.59 Å². The minimum Gasteiger partial charge on any atom is -1.00 e. The molecule has 0 saturated carbocycles. The molecule has 0 aliphatic rings. The average Bonchev–Trinajstić information content (AvgIpc) is 2.36. The summed E-state index contributed by atoms with van der Waals surface area (Å²) in [6, 6.07) is 8.32. The van der Waals surface area contributed by atoms with Gasteiger partial charge in [-0.3, -0.25) is 0 Å². The van der Waals surface area contributed by atoms with Crippen molar-refractivity contribution in [3.63, 3.8) is 0 Å². The third kappa shape index (κ3) is 7.40. The van der Waals surface area contributed by atoms with Gasteiger partial charge in [0.15, 0.2) is 6.04 Å². The number of rotatable bonds is 6. The van der Waals surface area contributed by atoms with Crippen LogP contribution in [0.1, 0.15) is 5.56 Å². The normalized spacial score (nSPS) is 11.3. The average molecular weight is 364 g/mol. The highest BCUT2D eigenvalue weighted by Gasteiger charge is 2.25. The van der Waals surface area contributed by atoms with Crippen LogP contribution in [0.2, 0.25) is 0 Å². The van der Waals surface area contributed by atoms with Crippen LogP contribution in [-0.2, 0) is 27.0 Å². The number of carboxylic acid groups (broad SMARTS) is 1. The maximum absolute atomic E-state index is 11.5. The molecule has 0 aliphatic carbocycles. The summed E-state index contributed by atoms with van der Waals surface area (Å²) in [6.07, 6.45) is 3.14. The first kappa shape index (κ1) is 18.8. The Balaban J connectivity index is 0.00000361. The summed E-state index contributed by atoms with van der Waals surface area (Å²) in [6.45, 7) is 0.128. The highest BCUT2D eigenvalue weighted by atomic mass is 79.9. The summed E-state index contributed by atoms with van der Waals surface area (Å²) < 4.78 is 4.98. The van der Waals surface area contributed by atoms with Gasteiger partial charge in [0.05, 0.1) is 12.5 Å². The molecule has 0 bridgehead atoms. The zero-order valence-electron chi connectivity index (χ0n) is 11.3. The van der Waals surface area contributed by atoms with Gasteiger partial charge < -0.3 is 32.1 Å². The van der Waals surface area contributed by atoms with E-state index in [1.165, 1.54) is 0 Å². The van der Waals surface area contributed by atoms with Gasteiger partial charge in [-0.15, -0.1) is 0 Å². The monoisotopic (exact) mass is 363 g/mol. The highest BCUT2D eigenvalue weighted by molar-refractivity contribution is 7.95. The van der Waals surface area contributed by atoms with Gasteiger partial charge in [-0.1, -0.05) is 30.3 Å². The van der Waals surface area contributed by atoms with Gasteiger partial charge >= 0.3 is 12.1 Å². The maximum Gasteiger partial charge on any atom is 0.408 e. The van der Waals surface area contributed by atoms with Crippen molar-refractivity contribution in [2.75, 3.05) is 18.3 Å². The molecule has 1 unspecified atom stereocenters. The molecule has 1 rings (SSSR count). The molecule has 0 radical (unpaired) electrons. The number of ether oxygens (including phenoxy) is 1. The number of hydrogen-bond donors (Lipinski definition) is 2. The molecule has 0 spiro atoms. The van der Waals surface area contributed by atoms with Crippen LogP contribution in [0.4, 0.5) is 4.79 Å². The fourth-order valence-corrected chi connectivity index (χ4v) is 2.31. The van der Waals surface area contributed by atoms with Crippen LogP contribution in [0.15, 0.2) is 30.3 Å². The van der Waals surface area contributed by atoms with E-state index in [0.29, 0.717) is 5.75 Å². The Kier molecular flexibility index (Phi) is 9.07. The second-order valence-electron chi connectivity index (χ2n) is 4.25. The molecule has 0 aromatic heterocycles. The van der Waals surface area contributed by atoms with E-state index >= 15 is 0 Å². The molecule has 0 saturated heterocycles. The quantitative estimate of drug-likeness (QED) is 0.587. The zero-order chi connectivity index (χ0) is 14.3. The molecule has 1 amide bonds. The van der Waals surface area contributed by atoms with Crippen molar-refractivity contribution in [1.82, 2.24) is 5.32 Å². The first-order valence-electron chi connectivity index (χ1n) is 5.73. The van der Waals surface area contributed by atoms with E-state index in [1.807, 2.05) is 42.8 Å². The second kappa shape index (κ2) is 9.66. The molecule has 0 fully saturated rings. The maximum atomic E-state index is 11.5. The van der Waals surface area contributed by atoms with Gasteiger partial charge in [0.2, 0.25) is 0 Å². The Morgan fingerprint density at radius 3 is 2.40 bits per heavy atom. The van der Waals surface area contributed by atoms with Gasteiger partial charge in [0, 0.05) is 0 Å². The van der Waals surface area contributed by atoms with Crippen LogP contribution in [0, 0.1) is 0 Å². The topological polar surface area (TPSA) is 75.6 Å². The van der Waals surface area contributed by atoms with Crippen molar-refractivity contribution in [2.24, 2.45) is 0 Å². The summed E-state index contributed by atoms with van der Waals surface area (Å²) >= 11 is 0. The van der Waals surface area contributed by atoms with Crippen molar-refractivity contribution >= 4 is 23.0 Å². The van der Waals surface area contributed by atoms with Crippen molar-refractivity contribution in [3.05, 3.63) is 35.9 Å². The second-order valence-corrected chi connectivity index (χ2v) is 6.55. The molecule has 20 heavy (non-hydrogen) atoms. The van der Waals surface area contributed by atoms with Crippen LogP contribution < -0.4 is 22.3 Å². The van der Waals surface area contributed by atoms with Gasteiger partial charge in [0.25, 0.3) is 0 Å². The van der Waals surface area contributed by atoms with Gasteiger partial charge in [-0.05, 0) is 16.5 Å². The van der Waals surface area contributed by atoms with Crippen molar-refractivity contribution < 1.29 is 36.4 Å². The van der Waals surface area contributed by atoms with Crippen LogP contribution in [0.3, 0.4) is 0 Å². The van der Waals surface area contributed by atoms with Gasteiger partial charge in [0.1, 0.15) is 12.4 Å². The number of carbonyl (C=O) groups excluding carboxylic acids is 1. The van der Waals surface area contributed by atoms with E-state index < -0.39 is 18.1 Å². The minimum absolute atomic E-state index is 0. The van der Waals surface area contributed by atoms with E-state index in [1.54, 1.807) is 0 Å². The predicted molar refractivity (Wildman–Crippen MR) is 75.3 cm³/mol. The summed E-state index contributed by atoms with van der Waals surface area (Å²) in [4.78, 5) is 22.5. The number of alkyl carbamates (subject to hydrolysis) is 1. The van der Waals surface area contributed by atoms with Gasteiger partial charge in [-0.2, -0.15) is 0 Å². The van der Waals surface area contributed by atoms with Crippen LogP contribution in [0.5, 0.6) is 0 Å². The van der Waals surface area contributed by atoms with Crippen molar-refractivity contribution in [3.8, 4) is 0 Å². The standard InChI is InChI=1S/C13H17NO4S.BrH/c1-19(2)9-11(12(15)16)14-13(17)18-8-10-6-4-3-5-7-10;/h3-7,11H,8-9H2,1-2H3,(H-,14,15,16,17);1H. The Hall–Kier alpha value is -1.21. The summed E-state index contributed by atoms with van der Waals surface area (Å²) in [5.41, 5.74) is 0.857. The van der Waals surface area contributed by atoms with Gasteiger partial charge in [-0.25, -0.2) is 9.59 Å². The first-order chi connectivity index (χ1) is 8.99. The minimum atomic E-state index is -1.04.